The lowest BCUT2D eigenvalue weighted by Gasteiger charge is -2.14. The number of carbonyl (C=O) groups is 1. The molecular weight excluding hydrogens is 277 g/mol. The Morgan fingerprint density at radius 3 is 2.70 bits per heavy atom. The van der Waals surface area contributed by atoms with Gasteiger partial charge in [-0.15, -0.1) is 0 Å². The zero-order valence-corrected chi connectivity index (χ0v) is 10.4. The number of aromatic nitrogens is 1. The quantitative estimate of drug-likeness (QED) is 0.937. The fourth-order valence-electron chi connectivity index (χ4n) is 1.80. The van der Waals surface area contributed by atoms with Crippen LogP contribution in [0.1, 0.15) is 13.0 Å². The number of rotatable bonds is 3. The van der Waals surface area contributed by atoms with E-state index in [0.717, 1.165) is 4.57 Å². The second kappa shape index (κ2) is 5.03. The highest BCUT2D eigenvalue weighted by Gasteiger charge is 2.29. The van der Waals surface area contributed by atoms with Gasteiger partial charge in [-0.3, -0.25) is 9.36 Å². The summed E-state index contributed by atoms with van der Waals surface area (Å²) in [5.74, 6) is -1.70. The highest BCUT2D eigenvalue weighted by molar-refractivity contribution is 5.82. The zero-order valence-electron chi connectivity index (χ0n) is 10.4. The number of alkyl halides is 3. The van der Waals surface area contributed by atoms with Gasteiger partial charge in [0.25, 0.3) is 0 Å². The molecule has 1 amide bonds. The van der Waals surface area contributed by atoms with Gasteiger partial charge in [0.05, 0.1) is 5.52 Å². The zero-order chi connectivity index (χ0) is 14.9. The number of para-hydroxylation sites is 2. The Labute approximate surface area is 111 Å². The second-order valence-corrected chi connectivity index (χ2v) is 4.21. The van der Waals surface area contributed by atoms with Crippen LogP contribution in [-0.4, -0.2) is 23.2 Å². The maximum Gasteiger partial charge on any atom is 0.420 e. The normalized spacial score (nSPS) is 13.4. The first-order chi connectivity index (χ1) is 9.29. The van der Waals surface area contributed by atoms with Crippen LogP contribution < -0.4 is 11.1 Å². The summed E-state index contributed by atoms with van der Waals surface area (Å²) < 4.78 is 42.1. The second-order valence-electron chi connectivity index (χ2n) is 4.21. The van der Waals surface area contributed by atoms with Crippen LogP contribution in [0.3, 0.4) is 0 Å². The average molecular weight is 288 g/mol. The van der Waals surface area contributed by atoms with E-state index in [2.05, 4.69) is 0 Å². The van der Waals surface area contributed by atoms with Gasteiger partial charge in [-0.25, -0.2) is 4.79 Å². The van der Waals surface area contributed by atoms with E-state index in [1.165, 1.54) is 13.0 Å². The van der Waals surface area contributed by atoms with Gasteiger partial charge in [0.2, 0.25) is 5.91 Å². The van der Waals surface area contributed by atoms with Crippen molar-refractivity contribution < 1.29 is 22.4 Å². The predicted molar refractivity (Wildman–Crippen MR) is 64.2 cm³/mol. The van der Waals surface area contributed by atoms with Crippen molar-refractivity contribution in [3.05, 3.63) is 34.8 Å². The molecule has 0 radical (unpaired) electrons. The molecule has 1 aromatic carbocycles. The largest absolute Gasteiger partial charge is 0.420 e. The summed E-state index contributed by atoms with van der Waals surface area (Å²) in [5, 5.41) is 1.74. The number of carbonyl (C=O) groups excluding carboxylic acids is 1. The topological polar surface area (TPSA) is 64.2 Å². The van der Waals surface area contributed by atoms with Gasteiger partial charge < -0.3 is 9.73 Å². The number of halogens is 3. The fraction of sp³-hybridized carbons (Fsp3) is 0.333. The first-order valence-electron chi connectivity index (χ1n) is 5.74. The van der Waals surface area contributed by atoms with E-state index in [9.17, 15) is 22.8 Å². The number of hydrogen-bond acceptors (Lipinski definition) is 3. The third kappa shape index (κ3) is 2.84. The summed E-state index contributed by atoms with van der Waals surface area (Å²) in [6.07, 6.45) is -4.50. The molecule has 0 aliphatic carbocycles. The predicted octanol–water partition coefficient (Wildman–Crippen LogP) is 1.83. The Morgan fingerprint density at radius 2 is 2.05 bits per heavy atom. The van der Waals surface area contributed by atoms with E-state index in [1.54, 1.807) is 23.5 Å². The third-order valence-electron chi connectivity index (χ3n) is 2.75. The van der Waals surface area contributed by atoms with Crippen molar-refractivity contribution in [1.29, 1.82) is 0 Å². The van der Waals surface area contributed by atoms with Crippen molar-refractivity contribution in [2.45, 2.75) is 19.1 Å². The highest BCUT2D eigenvalue weighted by atomic mass is 19.4. The number of amides is 1. The molecule has 1 N–H and O–H groups in total. The van der Waals surface area contributed by atoms with Crippen LogP contribution >= 0.6 is 0 Å². The Hall–Kier alpha value is -2.25. The number of nitrogens with one attached hydrogen (secondary N) is 1. The number of oxazole rings is 1. The molecular formula is C12H11F3N2O3. The summed E-state index contributed by atoms with van der Waals surface area (Å²) >= 11 is 0. The Balaban J connectivity index is 2.27. The van der Waals surface area contributed by atoms with Crippen LogP contribution in [0, 0.1) is 0 Å². The van der Waals surface area contributed by atoms with Gasteiger partial charge in [0, 0.05) is 0 Å². The van der Waals surface area contributed by atoms with Crippen LogP contribution in [0.4, 0.5) is 13.2 Å². The lowest BCUT2D eigenvalue weighted by atomic mass is 10.2. The molecule has 0 unspecified atom stereocenters. The van der Waals surface area contributed by atoms with Gasteiger partial charge in [-0.1, -0.05) is 12.1 Å². The first kappa shape index (κ1) is 14.2. The Kier molecular flexibility index (Phi) is 3.56. The molecule has 0 aliphatic heterocycles. The van der Waals surface area contributed by atoms with Crippen LogP contribution in [-0.2, 0) is 4.79 Å². The smallest absolute Gasteiger partial charge is 0.408 e. The fourth-order valence-corrected chi connectivity index (χ4v) is 1.80. The van der Waals surface area contributed by atoms with E-state index in [1.807, 2.05) is 0 Å². The monoisotopic (exact) mass is 288 g/mol. The third-order valence-corrected chi connectivity index (χ3v) is 2.75. The number of fused-ring (bicyclic) bond motifs is 1. The van der Waals surface area contributed by atoms with Gasteiger partial charge >= 0.3 is 11.9 Å². The van der Waals surface area contributed by atoms with Gasteiger partial charge in [-0.05, 0) is 19.1 Å². The molecule has 1 heterocycles. The summed E-state index contributed by atoms with van der Waals surface area (Å²) in [6.45, 7) is -0.115. The van der Waals surface area contributed by atoms with E-state index < -0.39 is 30.4 Å². The molecule has 1 aromatic heterocycles. The molecule has 0 fully saturated rings. The van der Waals surface area contributed by atoms with Crippen molar-refractivity contribution in [3.8, 4) is 0 Å². The molecule has 0 aliphatic rings. The van der Waals surface area contributed by atoms with E-state index >= 15 is 0 Å². The summed E-state index contributed by atoms with van der Waals surface area (Å²) in [5.41, 5.74) is 0.625. The maximum atomic E-state index is 12.1. The number of benzene rings is 1. The molecule has 108 valence electrons. The van der Waals surface area contributed by atoms with Crippen molar-refractivity contribution in [2.24, 2.45) is 0 Å². The van der Waals surface area contributed by atoms with Crippen molar-refractivity contribution in [3.63, 3.8) is 0 Å². The van der Waals surface area contributed by atoms with Crippen LogP contribution in [0.25, 0.3) is 11.1 Å². The molecule has 0 spiro atoms. The minimum Gasteiger partial charge on any atom is -0.408 e. The molecule has 2 aromatic rings. The van der Waals surface area contributed by atoms with Gasteiger partial charge in [0.1, 0.15) is 12.6 Å². The van der Waals surface area contributed by atoms with Gasteiger partial charge in [-0.2, -0.15) is 13.2 Å². The minimum absolute atomic E-state index is 0.271. The summed E-state index contributed by atoms with van der Waals surface area (Å²) in [7, 11) is 0. The Morgan fingerprint density at radius 1 is 1.40 bits per heavy atom. The molecule has 0 saturated carbocycles. The standard InChI is InChI=1S/C12H11F3N2O3/c1-7(10(18)16-6-12(13,14)15)17-8-4-2-3-5-9(8)20-11(17)19/h2-5,7H,6H2,1H3,(H,16,18)/t7-/m0/s1. The maximum absolute atomic E-state index is 12.1. The number of nitrogens with zero attached hydrogens (tertiary/aromatic N) is 1. The lowest BCUT2D eigenvalue weighted by molar-refractivity contribution is -0.140. The van der Waals surface area contributed by atoms with Crippen molar-refractivity contribution in [2.75, 3.05) is 6.54 Å². The van der Waals surface area contributed by atoms with E-state index in [4.69, 9.17) is 4.42 Å². The molecule has 1 atom stereocenters. The van der Waals surface area contributed by atoms with Crippen LogP contribution in [0.5, 0.6) is 0 Å². The molecule has 5 nitrogen and oxygen atoms in total. The van der Waals surface area contributed by atoms with Crippen molar-refractivity contribution >= 4 is 17.0 Å². The highest BCUT2D eigenvalue weighted by Crippen LogP contribution is 2.17. The van der Waals surface area contributed by atoms with Gasteiger partial charge in [0.15, 0.2) is 5.58 Å². The van der Waals surface area contributed by atoms with Crippen LogP contribution in [0.15, 0.2) is 33.5 Å². The average Bonchev–Trinajstić information content (AvgIpc) is 2.70. The molecule has 2 rings (SSSR count). The van der Waals surface area contributed by atoms with E-state index in [-0.39, 0.29) is 5.58 Å². The first-order valence-corrected chi connectivity index (χ1v) is 5.74. The molecule has 0 bridgehead atoms. The number of hydrogen-bond donors (Lipinski definition) is 1. The van der Waals surface area contributed by atoms with Crippen LogP contribution in [0.2, 0.25) is 0 Å². The summed E-state index contributed by atoms with van der Waals surface area (Å²) in [4.78, 5) is 23.4. The van der Waals surface area contributed by atoms with Crippen molar-refractivity contribution in [1.82, 2.24) is 9.88 Å². The molecule has 0 saturated heterocycles. The molecule has 8 heteroatoms. The minimum atomic E-state index is -4.50. The Bertz CT molecular complexity index is 687. The summed E-state index contributed by atoms with van der Waals surface area (Å²) in [6, 6.07) is 5.26. The molecule has 20 heavy (non-hydrogen) atoms. The van der Waals surface area contributed by atoms with E-state index in [0.29, 0.717) is 5.52 Å². The SMILES string of the molecule is C[C@@H](C(=O)NCC(F)(F)F)n1c(=O)oc2ccccc21. The lowest BCUT2D eigenvalue weighted by Crippen LogP contribution is -2.39.